The highest BCUT2D eigenvalue weighted by Gasteiger charge is 2.43. The van der Waals surface area contributed by atoms with Gasteiger partial charge in [0.1, 0.15) is 11.4 Å². The quantitative estimate of drug-likeness (QED) is 0.754. The summed E-state index contributed by atoms with van der Waals surface area (Å²) in [7, 11) is 1.73. The van der Waals surface area contributed by atoms with Crippen molar-refractivity contribution in [2.24, 2.45) is 0 Å². The van der Waals surface area contributed by atoms with Gasteiger partial charge in [-0.25, -0.2) is 0 Å². The van der Waals surface area contributed by atoms with Crippen LogP contribution >= 0.6 is 0 Å². The Kier molecular flexibility index (Phi) is 3.13. The molecule has 0 aromatic carbocycles. The number of hydrogen-bond acceptors (Lipinski definition) is 5. The van der Waals surface area contributed by atoms with Crippen LogP contribution in [0.4, 0.5) is 5.82 Å². The summed E-state index contributed by atoms with van der Waals surface area (Å²) in [5.74, 6) is -0.139. The Hall–Kier alpha value is -2.18. The van der Waals surface area contributed by atoms with E-state index in [1.54, 1.807) is 25.8 Å². The van der Waals surface area contributed by atoms with Crippen molar-refractivity contribution in [3.8, 4) is 0 Å². The molecule has 0 unspecified atom stereocenters. The third kappa shape index (κ3) is 2.23. The van der Waals surface area contributed by atoms with Crippen LogP contribution in [0.2, 0.25) is 0 Å². The van der Waals surface area contributed by atoms with E-state index in [4.69, 9.17) is 5.73 Å². The Balaban J connectivity index is 2.28. The summed E-state index contributed by atoms with van der Waals surface area (Å²) in [6, 6.07) is 3.04. The first-order valence-electron chi connectivity index (χ1n) is 6.01. The minimum absolute atomic E-state index is 0.0875. The second-order valence-corrected chi connectivity index (χ2v) is 5.09. The second-order valence-electron chi connectivity index (χ2n) is 5.09. The van der Waals surface area contributed by atoms with Crippen LogP contribution in [0.25, 0.3) is 0 Å². The van der Waals surface area contributed by atoms with Gasteiger partial charge in [-0.15, -0.1) is 10.2 Å². The number of likely N-dealkylation sites (N-methyl/N-ethyl adjacent to an activating group) is 1. The minimum Gasteiger partial charge on any atom is -0.382 e. The third-order valence-corrected chi connectivity index (χ3v) is 3.35. The minimum atomic E-state index is -0.882. The number of piperazine rings is 1. The van der Waals surface area contributed by atoms with Crippen LogP contribution in [0.1, 0.15) is 24.3 Å². The number of nitrogen functional groups attached to an aromatic ring is 1. The molecule has 2 heterocycles. The maximum absolute atomic E-state index is 12.4. The molecule has 7 heteroatoms. The number of nitrogens with two attached hydrogens (primary N) is 1. The lowest BCUT2D eigenvalue weighted by Gasteiger charge is -2.44. The van der Waals surface area contributed by atoms with E-state index in [1.165, 1.54) is 17.0 Å². The number of hydrogen-bond donors (Lipinski definition) is 1. The average molecular weight is 263 g/mol. The first-order valence-corrected chi connectivity index (χ1v) is 6.01. The van der Waals surface area contributed by atoms with Crippen molar-refractivity contribution in [3.63, 3.8) is 0 Å². The van der Waals surface area contributed by atoms with Crippen molar-refractivity contribution in [2.75, 3.05) is 25.9 Å². The normalized spacial score (nSPS) is 18.6. The van der Waals surface area contributed by atoms with Gasteiger partial charge in [-0.3, -0.25) is 9.59 Å². The molecule has 1 aromatic rings. The molecule has 1 aromatic heterocycles. The zero-order chi connectivity index (χ0) is 14.2. The predicted octanol–water partition coefficient (Wildman–Crippen LogP) is -0.248. The van der Waals surface area contributed by atoms with Gasteiger partial charge >= 0.3 is 0 Å². The van der Waals surface area contributed by atoms with E-state index in [0.29, 0.717) is 13.1 Å². The topological polar surface area (TPSA) is 92.4 Å². The number of anilines is 1. The summed E-state index contributed by atoms with van der Waals surface area (Å²) in [6.07, 6.45) is 0. The van der Waals surface area contributed by atoms with E-state index >= 15 is 0 Å². The molecule has 0 spiro atoms. The van der Waals surface area contributed by atoms with Crippen molar-refractivity contribution in [1.82, 2.24) is 20.0 Å². The van der Waals surface area contributed by atoms with Crippen molar-refractivity contribution in [2.45, 2.75) is 19.4 Å². The molecule has 1 aliphatic rings. The van der Waals surface area contributed by atoms with Crippen LogP contribution in [-0.2, 0) is 4.79 Å². The largest absolute Gasteiger partial charge is 0.382 e. The van der Waals surface area contributed by atoms with Crippen LogP contribution < -0.4 is 5.73 Å². The highest BCUT2D eigenvalue weighted by atomic mass is 16.2. The molecule has 0 radical (unpaired) electrons. The smallest absolute Gasteiger partial charge is 0.275 e. The summed E-state index contributed by atoms with van der Waals surface area (Å²) >= 11 is 0. The lowest BCUT2D eigenvalue weighted by molar-refractivity contribution is -0.144. The molecule has 0 atom stereocenters. The maximum atomic E-state index is 12.4. The first-order chi connectivity index (χ1) is 8.84. The monoisotopic (exact) mass is 263 g/mol. The molecule has 102 valence electrons. The van der Waals surface area contributed by atoms with E-state index < -0.39 is 5.54 Å². The molecular formula is C12H17N5O2. The molecule has 0 aliphatic carbocycles. The summed E-state index contributed by atoms with van der Waals surface area (Å²) in [5.41, 5.74) is 4.75. The molecule has 1 saturated heterocycles. The standard InChI is InChI=1S/C12H17N5O2/c1-12(2)11(19)16(3)6-7-17(12)10(18)8-4-5-9(13)15-14-8/h4-5H,6-7H2,1-3H3,(H2,13,15). The Morgan fingerprint density at radius 2 is 2.00 bits per heavy atom. The molecule has 2 N–H and O–H groups in total. The van der Waals surface area contributed by atoms with E-state index in [2.05, 4.69) is 10.2 Å². The Labute approximate surface area is 111 Å². The number of amides is 2. The summed E-state index contributed by atoms with van der Waals surface area (Å²) in [5, 5.41) is 7.43. The number of rotatable bonds is 1. The number of carbonyl (C=O) groups is 2. The van der Waals surface area contributed by atoms with E-state index in [0.717, 1.165) is 0 Å². The van der Waals surface area contributed by atoms with Crippen molar-refractivity contribution in [3.05, 3.63) is 17.8 Å². The Bertz CT molecular complexity index is 511. The van der Waals surface area contributed by atoms with Crippen molar-refractivity contribution in [1.29, 1.82) is 0 Å². The Morgan fingerprint density at radius 3 is 2.58 bits per heavy atom. The first kappa shape index (κ1) is 13.3. The summed E-state index contributed by atoms with van der Waals surface area (Å²) in [6.45, 7) is 4.44. The van der Waals surface area contributed by atoms with Gasteiger partial charge in [0, 0.05) is 20.1 Å². The van der Waals surface area contributed by atoms with Gasteiger partial charge in [0.25, 0.3) is 5.91 Å². The van der Waals surface area contributed by atoms with Gasteiger partial charge in [0.05, 0.1) is 0 Å². The molecule has 0 saturated carbocycles. The molecule has 7 nitrogen and oxygen atoms in total. The number of nitrogens with zero attached hydrogens (tertiary/aromatic N) is 4. The molecule has 1 fully saturated rings. The van der Waals surface area contributed by atoms with Crippen LogP contribution in [0.5, 0.6) is 0 Å². The molecule has 2 amide bonds. The van der Waals surface area contributed by atoms with Gasteiger partial charge in [0.2, 0.25) is 5.91 Å². The zero-order valence-corrected chi connectivity index (χ0v) is 11.3. The van der Waals surface area contributed by atoms with Crippen molar-refractivity contribution >= 4 is 17.6 Å². The van der Waals surface area contributed by atoms with Crippen LogP contribution in [0, 0.1) is 0 Å². The molecular weight excluding hydrogens is 246 g/mol. The van der Waals surface area contributed by atoms with Gasteiger partial charge in [0.15, 0.2) is 5.69 Å². The third-order valence-electron chi connectivity index (χ3n) is 3.35. The van der Waals surface area contributed by atoms with Crippen LogP contribution in [0.15, 0.2) is 12.1 Å². The summed E-state index contributed by atoms with van der Waals surface area (Å²) in [4.78, 5) is 27.7. The number of aromatic nitrogens is 2. The van der Waals surface area contributed by atoms with Gasteiger partial charge in [-0.2, -0.15) is 0 Å². The van der Waals surface area contributed by atoms with Crippen molar-refractivity contribution < 1.29 is 9.59 Å². The molecule has 19 heavy (non-hydrogen) atoms. The zero-order valence-electron chi connectivity index (χ0n) is 11.3. The highest BCUT2D eigenvalue weighted by molar-refractivity contribution is 5.98. The van der Waals surface area contributed by atoms with Crippen LogP contribution in [0.3, 0.4) is 0 Å². The van der Waals surface area contributed by atoms with Gasteiger partial charge in [-0.1, -0.05) is 0 Å². The lowest BCUT2D eigenvalue weighted by Crippen LogP contribution is -2.63. The predicted molar refractivity (Wildman–Crippen MR) is 69.2 cm³/mol. The average Bonchev–Trinajstić information content (AvgIpc) is 2.36. The van der Waals surface area contributed by atoms with Gasteiger partial charge < -0.3 is 15.5 Å². The van der Waals surface area contributed by atoms with E-state index in [1.807, 2.05) is 0 Å². The maximum Gasteiger partial charge on any atom is 0.275 e. The highest BCUT2D eigenvalue weighted by Crippen LogP contribution is 2.23. The lowest BCUT2D eigenvalue weighted by atomic mass is 9.97. The van der Waals surface area contributed by atoms with Crippen LogP contribution in [-0.4, -0.2) is 57.5 Å². The van der Waals surface area contributed by atoms with Gasteiger partial charge in [-0.05, 0) is 26.0 Å². The molecule has 2 rings (SSSR count). The molecule has 0 bridgehead atoms. The van der Waals surface area contributed by atoms with E-state index in [-0.39, 0.29) is 23.3 Å². The second kappa shape index (κ2) is 4.49. The fourth-order valence-corrected chi connectivity index (χ4v) is 2.16. The fourth-order valence-electron chi connectivity index (χ4n) is 2.16. The summed E-state index contributed by atoms with van der Waals surface area (Å²) < 4.78 is 0. The van der Waals surface area contributed by atoms with E-state index in [9.17, 15) is 9.59 Å². The number of carbonyl (C=O) groups excluding carboxylic acids is 2. The SMILES string of the molecule is CN1CCN(C(=O)c2ccc(N)nn2)C(C)(C)C1=O. The molecule has 1 aliphatic heterocycles. The Morgan fingerprint density at radius 1 is 1.32 bits per heavy atom. The fraction of sp³-hybridized carbons (Fsp3) is 0.500.